The molecule has 0 amide bonds. The monoisotopic (exact) mass is 220 g/mol. The van der Waals surface area contributed by atoms with Gasteiger partial charge < -0.3 is 10.3 Å². The average Bonchev–Trinajstić information content (AvgIpc) is 2.70. The summed E-state index contributed by atoms with van der Waals surface area (Å²) in [6, 6.07) is 4.25. The fraction of sp³-hybridized carbons (Fsp3) is 0.273. The molecule has 0 radical (unpaired) electrons. The number of rotatable bonds is 3. The molecule has 0 spiro atoms. The van der Waals surface area contributed by atoms with Gasteiger partial charge >= 0.3 is 0 Å². The normalized spacial score (nSPS) is 10.6. The summed E-state index contributed by atoms with van der Waals surface area (Å²) in [4.78, 5) is 0. The Morgan fingerprint density at radius 1 is 1.44 bits per heavy atom. The zero-order valence-electron chi connectivity index (χ0n) is 9.02. The van der Waals surface area contributed by atoms with Gasteiger partial charge in [-0.2, -0.15) is 0 Å². The number of hydrogen-bond acceptors (Lipinski definition) is 3. The van der Waals surface area contributed by atoms with Crippen molar-refractivity contribution in [2.75, 3.05) is 5.73 Å². The first kappa shape index (κ1) is 10.6. The van der Waals surface area contributed by atoms with Crippen molar-refractivity contribution in [1.29, 1.82) is 0 Å². The van der Waals surface area contributed by atoms with Crippen LogP contribution in [-0.2, 0) is 6.54 Å². The minimum Gasteiger partial charge on any atom is -0.398 e. The van der Waals surface area contributed by atoms with Gasteiger partial charge in [0.1, 0.15) is 12.1 Å². The number of halogens is 1. The molecule has 16 heavy (non-hydrogen) atoms. The van der Waals surface area contributed by atoms with E-state index in [4.69, 9.17) is 5.73 Å². The fourth-order valence-corrected chi connectivity index (χ4v) is 1.59. The summed E-state index contributed by atoms with van der Waals surface area (Å²) in [6.45, 7) is 2.84. The minimum absolute atomic E-state index is 0.324. The zero-order valence-corrected chi connectivity index (χ0v) is 9.02. The molecule has 0 saturated heterocycles. The molecular weight excluding hydrogens is 207 g/mol. The van der Waals surface area contributed by atoms with E-state index in [0.717, 1.165) is 13.0 Å². The van der Waals surface area contributed by atoms with E-state index in [9.17, 15) is 4.39 Å². The van der Waals surface area contributed by atoms with Crippen molar-refractivity contribution >= 4 is 5.69 Å². The molecule has 2 aromatic rings. The number of hydrogen-bond donors (Lipinski definition) is 1. The Morgan fingerprint density at radius 3 is 3.00 bits per heavy atom. The van der Waals surface area contributed by atoms with E-state index in [1.54, 1.807) is 6.33 Å². The van der Waals surface area contributed by atoms with Crippen LogP contribution in [0, 0.1) is 5.82 Å². The molecule has 2 N–H and O–H groups in total. The van der Waals surface area contributed by atoms with E-state index < -0.39 is 0 Å². The van der Waals surface area contributed by atoms with E-state index in [-0.39, 0.29) is 5.82 Å². The maximum absolute atomic E-state index is 13.1. The van der Waals surface area contributed by atoms with Crippen molar-refractivity contribution in [3.63, 3.8) is 0 Å². The molecule has 1 aromatic carbocycles. The molecule has 0 saturated carbocycles. The lowest BCUT2D eigenvalue weighted by Gasteiger charge is -2.07. The second-order valence-electron chi connectivity index (χ2n) is 3.58. The molecule has 5 heteroatoms. The fourth-order valence-electron chi connectivity index (χ4n) is 1.59. The van der Waals surface area contributed by atoms with Crippen LogP contribution in [-0.4, -0.2) is 14.8 Å². The first-order valence-electron chi connectivity index (χ1n) is 5.15. The van der Waals surface area contributed by atoms with Gasteiger partial charge in [0, 0.05) is 17.8 Å². The highest BCUT2D eigenvalue weighted by Gasteiger charge is 2.10. The highest BCUT2D eigenvalue weighted by Crippen LogP contribution is 2.24. The van der Waals surface area contributed by atoms with Gasteiger partial charge in [-0.15, -0.1) is 10.2 Å². The summed E-state index contributed by atoms with van der Waals surface area (Å²) in [5, 5.41) is 7.80. The molecule has 4 nitrogen and oxygen atoms in total. The Labute approximate surface area is 92.9 Å². The van der Waals surface area contributed by atoms with Crippen LogP contribution in [0.1, 0.15) is 13.3 Å². The largest absolute Gasteiger partial charge is 0.398 e. The van der Waals surface area contributed by atoms with Gasteiger partial charge in [0.15, 0.2) is 5.82 Å². The molecule has 0 bridgehead atoms. The first-order valence-corrected chi connectivity index (χ1v) is 5.15. The maximum atomic E-state index is 13.1. The van der Waals surface area contributed by atoms with Gasteiger partial charge in [-0.05, 0) is 24.6 Å². The molecule has 0 aliphatic heterocycles. The SMILES string of the molecule is CCCn1cnnc1-c1cc(F)ccc1N. The molecule has 84 valence electrons. The first-order chi connectivity index (χ1) is 7.72. The Hall–Kier alpha value is -1.91. The predicted octanol–water partition coefficient (Wildman–Crippen LogP) is 2.08. The zero-order chi connectivity index (χ0) is 11.5. The molecule has 0 unspecified atom stereocenters. The third-order valence-corrected chi connectivity index (χ3v) is 2.34. The summed E-state index contributed by atoms with van der Waals surface area (Å²) in [5.41, 5.74) is 6.89. The molecule has 1 heterocycles. The summed E-state index contributed by atoms with van der Waals surface area (Å²) < 4.78 is 15.0. The third-order valence-electron chi connectivity index (χ3n) is 2.34. The highest BCUT2D eigenvalue weighted by atomic mass is 19.1. The van der Waals surface area contributed by atoms with Crippen molar-refractivity contribution in [3.05, 3.63) is 30.3 Å². The molecule has 0 fully saturated rings. The Balaban J connectivity index is 2.49. The number of nitrogen functional groups attached to an aromatic ring is 1. The topological polar surface area (TPSA) is 56.7 Å². The lowest BCUT2D eigenvalue weighted by atomic mass is 10.1. The van der Waals surface area contributed by atoms with Crippen LogP contribution in [0.3, 0.4) is 0 Å². The van der Waals surface area contributed by atoms with Crippen LogP contribution in [0.25, 0.3) is 11.4 Å². The molecule has 2 rings (SSSR count). The molecule has 0 aliphatic carbocycles. The van der Waals surface area contributed by atoms with Crippen LogP contribution < -0.4 is 5.73 Å². The van der Waals surface area contributed by atoms with Gasteiger partial charge in [0.2, 0.25) is 0 Å². The van der Waals surface area contributed by atoms with Crippen molar-refractivity contribution in [2.45, 2.75) is 19.9 Å². The van der Waals surface area contributed by atoms with Crippen molar-refractivity contribution in [1.82, 2.24) is 14.8 Å². The number of aryl methyl sites for hydroxylation is 1. The van der Waals surface area contributed by atoms with Crippen molar-refractivity contribution in [3.8, 4) is 11.4 Å². The number of benzene rings is 1. The van der Waals surface area contributed by atoms with Crippen LogP contribution >= 0.6 is 0 Å². The van der Waals surface area contributed by atoms with Crippen LogP contribution in [0.15, 0.2) is 24.5 Å². The van der Waals surface area contributed by atoms with Gasteiger partial charge in [-0.1, -0.05) is 6.92 Å². The highest BCUT2D eigenvalue weighted by molar-refractivity contribution is 5.71. The average molecular weight is 220 g/mol. The Bertz CT molecular complexity index is 492. The van der Waals surface area contributed by atoms with Gasteiger partial charge in [0.05, 0.1) is 0 Å². The van der Waals surface area contributed by atoms with Crippen LogP contribution in [0.5, 0.6) is 0 Å². The standard InChI is InChI=1S/C11H13FN4/c1-2-5-16-7-14-15-11(16)9-6-8(12)3-4-10(9)13/h3-4,6-7H,2,5,13H2,1H3. The second kappa shape index (κ2) is 4.30. The summed E-state index contributed by atoms with van der Waals surface area (Å²) in [7, 11) is 0. The van der Waals surface area contributed by atoms with Gasteiger partial charge in [-0.25, -0.2) is 4.39 Å². The number of nitrogens with two attached hydrogens (primary N) is 1. The summed E-state index contributed by atoms with van der Waals surface area (Å²) in [5.74, 6) is 0.286. The minimum atomic E-state index is -0.324. The molecule has 0 atom stereocenters. The van der Waals surface area contributed by atoms with E-state index in [0.29, 0.717) is 17.1 Å². The van der Waals surface area contributed by atoms with E-state index >= 15 is 0 Å². The van der Waals surface area contributed by atoms with Crippen LogP contribution in [0.2, 0.25) is 0 Å². The quantitative estimate of drug-likeness (QED) is 0.805. The number of nitrogens with zero attached hydrogens (tertiary/aromatic N) is 3. The third kappa shape index (κ3) is 1.88. The molecular formula is C11H13FN4. The predicted molar refractivity (Wildman–Crippen MR) is 60.1 cm³/mol. The number of anilines is 1. The molecule has 1 aromatic heterocycles. The lowest BCUT2D eigenvalue weighted by molar-refractivity contribution is 0.627. The smallest absolute Gasteiger partial charge is 0.165 e. The Morgan fingerprint density at radius 2 is 2.25 bits per heavy atom. The Kier molecular flexibility index (Phi) is 2.85. The van der Waals surface area contributed by atoms with Crippen LogP contribution in [0.4, 0.5) is 10.1 Å². The maximum Gasteiger partial charge on any atom is 0.165 e. The van der Waals surface area contributed by atoms with E-state index in [2.05, 4.69) is 17.1 Å². The summed E-state index contributed by atoms with van der Waals surface area (Å²) >= 11 is 0. The molecule has 0 aliphatic rings. The van der Waals surface area contributed by atoms with Crippen molar-refractivity contribution in [2.24, 2.45) is 0 Å². The van der Waals surface area contributed by atoms with Crippen molar-refractivity contribution < 1.29 is 4.39 Å². The second-order valence-corrected chi connectivity index (χ2v) is 3.58. The summed E-state index contributed by atoms with van der Waals surface area (Å²) in [6.07, 6.45) is 2.59. The van der Waals surface area contributed by atoms with E-state index in [1.165, 1.54) is 18.2 Å². The number of aromatic nitrogens is 3. The lowest BCUT2D eigenvalue weighted by Crippen LogP contribution is -2.01. The van der Waals surface area contributed by atoms with Gasteiger partial charge in [-0.3, -0.25) is 0 Å². The van der Waals surface area contributed by atoms with Gasteiger partial charge in [0.25, 0.3) is 0 Å². The van der Waals surface area contributed by atoms with E-state index in [1.807, 2.05) is 4.57 Å².